The Bertz CT molecular complexity index is 660. The molecule has 2 rings (SSSR count). The Hall–Kier alpha value is -1.87. The van der Waals surface area contributed by atoms with Crippen molar-refractivity contribution in [2.75, 3.05) is 18.6 Å². The van der Waals surface area contributed by atoms with Crippen molar-refractivity contribution in [3.63, 3.8) is 0 Å². The van der Waals surface area contributed by atoms with Gasteiger partial charge in [-0.3, -0.25) is 4.79 Å². The monoisotopic (exact) mass is 351 g/mol. The van der Waals surface area contributed by atoms with Crippen LogP contribution in [-0.2, 0) is 10.2 Å². The highest BCUT2D eigenvalue weighted by Crippen LogP contribution is 2.36. The van der Waals surface area contributed by atoms with Crippen molar-refractivity contribution in [1.29, 1.82) is 0 Å². The van der Waals surface area contributed by atoms with E-state index in [4.69, 9.17) is 16.3 Å². The van der Waals surface area contributed by atoms with Crippen LogP contribution in [0.2, 0.25) is 0 Å². The van der Waals surface area contributed by atoms with Crippen LogP contribution >= 0.6 is 22.9 Å². The number of ether oxygens (including phenoxy) is 1. The summed E-state index contributed by atoms with van der Waals surface area (Å²) >= 11 is 5.24. The van der Waals surface area contributed by atoms with E-state index >= 15 is 0 Å². The predicted octanol–water partition coefficient (Wildman–Crippen LogP) is 3.01. The predicted molar refractivity (Wildman–Crippen MR) is 75.0 cm³/mol. The summed E-state index contributed by atoms with van der Waals surface area (Å²) < 4.78 is 43.3. The molecule has 1 aromatic carbocycles. The Labute approximate surface area is 132 Å². The quantitative estimate of drug-likeness (QED) is 0.777. The molecule has 2 aromatic rings. The Kier molecular flexibility index (Phi) is 4.87. The van der Waals surface area contributed by atoms with Gasteiger partial charge in [0.15, 0.2) is 6.61 Å². The number of hydrogen-bond donors (Lipinski definition) is 0. The van der Waals surface area contributed by atoms with E-state index in [1.807, 2.05) is 0 Å². The Morgan fingerprint density at radius 2 is 2.00 bits per heavy atom. The molecule has 0 saturated heterocycles. The van der Waals surface area contributed by atoms with E-state index in [1.165, 1.54) is 36.2 Å². The molecule has 10 heteroatoms. The largest absolute Gasteiger partial charge is 0.459 e. The molecule has 1 amide bonds. The number of nitrogens with zero attached hydrogens (tertiary/aromatic N) is 3. The molecular weight excluding hydrogens is 343 g/mol. The number of hydrogen-bond acceptors (Lipinski definition) is 5. The van der Waals surface area contributed by atoms with Crippen LogP contribution in [0.15, 0.2) is 24.3 Å². The van der Waals surface area contributed by atoms with Gasteiger partial charge in [0.25, 0.3) is 11.1 Å². The average Bonchev–Trinajstić information content (AvgIpc) is 2.94. The van der Waals surface area contributed by atoms with Crippen molar-refractivity contribution < 1.29 is 22.7 Å². The Balaban J connectivity index is 1.95. The van der Waals surface area contributed by atoms with Gasteiger partial charge in [0.2, 0.25) is 5.01 Å². The maximum Gasteiger partial charge on any atom is 0.376 e. The third-order valence-corrected chi connectivity index (χ3v) is 3.75. The normalized spacial score (nSPS) is 11.3. The molecule has 0 fully saturated rings. The standard InChI is InChI=1S/C12H9ClF3N3O2S/c1-19(8-4-2-7(14)3-5-8)9(20)6-21-11-18-17-10(22-11)12(13,15)16/h2-5H,6H2,1H3. The number of anilines is 1. The topological polar surface area (TPSA) is 55.3 Å². The van der Waals surface area contributed by atoms with E-state index < -0.39 is 28.7 Å². The van der Waals surface area contributed by atoms with Gasteiger partial charge in [-0.1, -0.05) is 16.4 Å². The van der Waals surface area contributed by atoms with Crippen molar-refractivity contribution >= 4 is 34.5 Å². The molecule has 0 N–H and O–H groups in total. The molecule has 1 heterocycles. The fourth-order valence-electron chi connectivity index (χ4n) is 1.41. The second kappa shape index (κ2) is 6.49. The van der Waals surface area contributed by atoms with Crippen LogP contribution in [0.1, 0.15) is 5.01 Å². The maximum atomic E-state index is 12.8. The lowest BCUT2D eigenvalue weighted by atomic mass is 10.3. The van der Waals surface area contributed by atoms with Gasteiger partial charge >= 0.3 is 5.38 Å². The smallest absolute Gasteiger partial charge is 0.376 e. The van der Waals surface area contributed by atoms with Gasteiger partial charge < -0.3 is 9.64 Å². The zero-order valence-corrected chi connectivity index (χ0v) is 12.7. The summed E-state index contributed by atoms with van der Waals surface area (Å²) in [5.41, 5.74) is 0.459. The minimum atomic E-state index is -3.63. The first-order chi connectivity index (χ1) is 10.3. The van der Waals surface area contributed by atoms with Crippen LogP contribution in [0.4, 0.5) is 18.9 Å². The zero-order valence-electron chi connectivity index (χ0n) is 11.1. The number of carbonyl (C=O) groups is 1. The first kappa shape index (κ1) is 16.5. The van der Waals surface area contributed by atoms with Gasteiger partial charge in [-0.05, 0) is 35.9 Å². The number of rotatable bonds is 5. The second-order valence-electron chi connectivity index (χ2n) is 4.09. The van der Waals surface area contributed by atoms with Crippen LogP contribution < -0.4 is 9.64 Å². The molecular formula is C12H9ClF3N3O2S. The SMILES string of the molecule is CN(C(=O)COc1nnc(C(F)(F)Cl)s1)c1ccc(F)cc1. The molecule has 0 bridgehead atoms. The summed E-state index contributed by atoms with van der Waals surface area (Å²) in [7, 11) is 1.47. The number of alkyl halides is 3. The molecule has 0 saturated carbocycles. The first-order valence-corrected chi connectivity index (χ1v) is 7.02. The average molecular weight is 352 g/mol. The van der Waals surface area contributed by atoms with Gasteiger partial charge in [0.05, 0.1) is 0 Å². The summed E-state index contributed by atoms with van der Waals surface area (Å²) in [6.45, 7) is -0.434. The van der Waals surface area contributed by atoms with Gasteiger partial charge in [0.1, 0.15) is 5.82 Å². The van der Waals surface area contributed by atoms with Crippen LogP contribution in [0.5, 0.6) is 5.19 Å². The third kappa shape index (κ3) is 4.08. The van der Waals surface area contributed by atoms with Gasteiger partial charge in [-0.2, -0.15) is 8.78 Å². The Morgan fingerprint density at radius 3 is 2.55 bits per heavy atom. The molecule has 5 nitrogen and oxygen atoms in total. The molecule has 0 radical (unpaired) electrons. The number of carbonyl (C=O) groups excluding carboxylic acids is 1. The van der Waals surface area contributed by atoms with E-state index in [1.54, 1.807) is 0 Å². The number of likely N-dealkylation sites (N-methyl/N-ethyl adjacent to an activating group) is 1. The van der Waals surface area contributed by atoms with E-state index in [-0.39, 0.29) is 5.19 Å². The summed E-state index contributed by atoms with van der Waals surface area (Å²) in [5, 5.41) is 1.99. The zero-order chi connectivity index (χ0) is 16.3. The van der Waals surface area contributed by atoms with Crippen molar-refractivity contribution in [3.05, 3.63) is 35.1 Å². The van der Waals surface area contributed by atoms with Crippen molar-refractivity contribution in [3.8, 4) is 5.19 Å². The van der Waals surface area contributed by atoms with Crippen molar-refractivity contribution in [2.45, 2.75) is 5.38 Å². The number of aromatic nitrogens is 2. The van der Waals surface area contributed by atoms with Crippen molar-refractivity contribution in [2.24, 2.45) is 0 Å². The summed E-state index contributed by atoms with van der Waals surface area (Å²) in [4.78, 5) is 13.1. The molecule has 0 aliphatic carbocycles. The lowest BCUT2D eigenvalue weighted by Gasteiger charge is -2.16. The molecule has 0 unspecified atom stereocenters. The van der Waals surface area contributed by atoms with Crippen molar-refractivity contribution in [1.82, 2.24) is 10.2 Å². The molecule has 118 valence electrons. The minimum Gasteiger partial charge on any atom is -0.459 e. The lowest BCUT2D eigenvalue weighted by molar-refractivity contribution is -0.120. The second-order valence-corrected chi connectivity index (χ2v) is 5.50. The molecule has 0 aliphatic heterocycles. The highest BCUT2D eigenvalue weighted by atomic mass is 35.5. The third-order valence-electron chi connectivity index (χ3n) is 2.56. The van der Waals surface area contributed by atoms with Gasteiger partial charge in [-0.25, -0.2) is 4.39 Å². The molecule has 0 spiro atoms. The minimum absolute atomic E-state index is 0.198. The summed E-state index contributed by atoms with van der Waals surface area (Å²) in [6, 6.07) is 5.26. The summed E-state index contributed by atoms with van der Waals surface area (Å²) in [5.74, 6) is -0.898. The van der Waals surface area contributed by atoms with Crippen LogP contribution in [0, 0.1) is 5.82 Å². The highest BCUT2D eigenvalue weighted by Gasteiger charge is 2.33. The van der Waals surface area contributed by atoms with E-state index in [0.29, 0.717) is 17.0 Å². The molecule has 0 aliphatic rings. The fourth-order valence-corrected chi connectivity index (χ4v) is 2.13. The Morgan fingerprint density at radius 1 is 1.36 bits per heavy atom. The molecule has 1 aromatic heterocycles. The maximum absolute atomic E-state index is 12.8. The van der Waals surface area contributed by atoms with E-state index in [0.717, 1.165) is 0 Å². The van der Waals surface area contributed by atoms with E-state index in [9.17, 15) is 18.0 Å². The van der Waals surface area contributed by atoms with Crippen LogP contribution in [0.25, 0.3) is 0 Å². The number of benzene rings is 1. The molecule has 0 atom stereocenters. The fraction of sp³-hybridized carbons (Fsp3) is 0.250. The highest BCUT2D eigenvalue weighted by molar-refractivity contribution is 7.13. The molecule has 22 heavy (non-hydrogen) atoms. The van der Waals surface area contributed by atoms with Crippen LogP contribution in [0.3, 0.4) is 0 Å². The first-order valence-electron chi connectivity index (χ1n) is 5.83. The number of halogens is 4. The van der Waals surface area contributed by atoms with Gasteiger partial charge in [0, 0.05) is 12.7 Å². The van der Waals surface area contributed by atoms with Crippen LogP contribution in [-0.4, -0.2) is 29.8 Å². The van der Waals surface area contributed by atoms with E-state index in [2.05, 4.69) is 10.2 Å². The summed E-state index contributed by atoms with van der Waals surface area (Å²) in [6.07, 6.45) is 0. The van der Waals surface area contributed by atoms with Gasteiger partial charge in [-0.15, -0.1) is 5.10 Å². The number of amides is 1. The lowest BCUT2D eigenvalue weighted by Crippen LogP contribution is -2.31.